The number of benzene rings is 1. The number of carbonyl (C=O) groups excluding carboxylic acids is 1. The minimum Gasteiger partial charge on any atom is -0.376 e. The molecule has 3 atom stereocenters. The molecule has 1 amide bonds. The molecule has 0 heterocycles. The Morgan fingerprint density at radius 1 is 1.56 bits per heavy atom. The first kappa shape index (κ1) is 13.1. The van der Waals surface area contributed by atoms with E-state index in [1.54, 1.807) is 0 Å². The van der Waals surface area contributed by atoms with E-state index in [1.807, 2.05) is 38.1 Å². The second kappa shape index (κ2) is 5.50. The van der Waals surface area contributed by atoms with Crippen LogP contribution in [-0.2, 0) is 4.74 Å². The maximum Gasteiger partial charge on any atom is 0.251 e. The molecule has 18 heavy (non-hydrogen) atoms. The van der Waals surface area contributed by atoms with Crippen molar-refractivity contribution in [1.29, 1.82) is 0 Å². The molecule has 1 aromatic rings. The summed E-state index contributed by atoms with van der Waals surface area (Å²) in [5.74, 6) is -0.0800. The Balaban J connectivity index is 1.98. The largest absolute Gasteiger partial charge is 0.376 e. The molecule has 2 rings (SSSR count). The fraction of sp³-hybridized carbons (Fsp3) is 0.500. The van der Waals surface area contributed by atoms with Crippen molar-refractivity contribution >= 4 is 5.91 Å². The van der Waals surface area contributed by atoms with Crippen molar-refractivity contribution in [2.75, 3.05) is 6.61 Å². The summed E-state index contributed by atoms with van der Waals surface area (Å²) in [4.78, 5) is 12.1. The molecule has 0 bridgehead atoms. The van der Waals surface area contributed by atoms with E-state index >= 15 is 0 Å². The van der Waals surface area contributed by atoms with Crippen LogP contribution in [0.3, 0.4) is 0 Å². The van der Waals surface area contributed by atoms with Gasteiger partial charge in [0.15, 0.2) is 0 Å². The minimum atomic E-state index is -0.0800. The molecule has 0 saturated heterocycles. The van der Waals surface area contributed by atoms with Gasteiger partial charge in [0.1, 0.15) is 0 Å². The lowest BCUT2D eigenvalue weighted by molar-refractivity contribution is -0.0300. The van der Waals surface area contributed by atoms with Crippen LogP contribution in [0.2, 0.25) is 0 Å². The number of amides is 1. The predicted molar refractivity (Wildman–Crippen MR) is 70.4 cm³/mol. The second-order valence-corrected chi connectivity index (χ2v) is 4.76. The molecular weight excluding hydrogens is 228 g/mol. The Kier molecular flexibility index (Phi) is 3.99. The maximum atomic E-state index is 12.1. The average Bonchev–Trinajstić information content (AvgIpc) is 2.35. The Hall–Kier alpha value is -1.39. The molecule has 0 radical (unpaired) electrons. The molecule has 4 nitrogen and oxygen atoms in total. The highest BCUT2D eigenvalue weighted by molar-refractivity contribution is 5.94. The minimum absolute atomic E-state index is 0.00434. The number of ether oxygens (including phenoxy) is 1. The number of nitrogens with one attached hydrogen (secondary N) is 1. The number of aryl methyl sites for hydroxylation is 1. The van der Waals surface area contributed by atoms with Gasteiger partial charge >= 0.3 is 0 Å². The molecule has 1 aliphatic carbocycles. The molecule has 1 aromatic carbocycles. The van der Waals surface area contributed by atoms with Crippen molar-refractivity contribution in [3.05, 3.63) is 35.4 Å². The number of rotatable bonds is 4. The summed E-state index contributed by atoms with van der Waals surface area (Å²) >= 11 is 0. The number of carbonyl (C=O) groups is 1. The molecule has 3 N–H and O–H groups in total. The van der Waals surface area contributed by atoms with Gasteiger partial charge < -0.3 is 15.8 Å². The van der Waals surface area contributed by atoms with E-state index in [2.05, 4.69) is 5.32 Å². The summed E-state index contributed by atoms with van der Waals surface area (Å²) in [5, 5.41) is 2.96. The van der Waals surface area contributed by atoms with Crippen LogP contribution in [-0.4, -0.2) is 30.7 Å². The normalized spacial score (nSPS) is 26.5. The van der Waals surface area contributed by atoms with E-state index in [-0.39, 0.29) is 24.1 Å². The summed E-state index contributed by atoms with van der Waals surface area (Å²) in [6.07, 6.45) is 0.867. The molecule has 1 fully saturated rings. The highest BCUT2D eigenvalue weighted by atomic mass is 16.5. The van der Waals surface area contributed by atoms with Gasteiger partial charge in [0.25, 0.3) is 5.91 Å². The molecule has 0 aliphatic heterocycles. The Labute approximate surface area is 108 Å². The quantitative estimate of drug-likeness (QED) is 0.842. The maximum absolute atomic E-state index is 12.1. The molecule has 98 valence electrons. The highest BCUT2D eigenvalue weighted by Crippen LogP contribution is 2.23. The Bertz CT molecular complexity index is 432. The zero-order valence-electron chi connectivity index (χ0n) is 10.8. The van der Waals surface area contributed by atoms with Crippen molar-refractivity contribution < 1.29 is 9.53 Å². The molecule has 1 saturated carbocycles. The van der Waals surface area contributed by atoms with Gasteiger partial charge in [-0.15, -0.1) is 0 Å². The van der Waals surface area contributed by atoms with Crippen LogP contribution in [0.1, 0.15) is 29.3 Å². The van der Waals surface area contributed by atoms with E-state index in [4.69, 9.17) is 10.5 Å². The van der Waals surface area contributed by atoms with E-state index in [0.29, 0.717) is 12.2 Å². The Morgan fingerprint density at radius 2 is 2.33 bits per heavy atom. The molecular formula is C14H20N2O2. The van der Waals surface area contributed by atoms with Crippen LogP contribution < -0.4 is 11.1 Å². The van der Waals surface area contributed by atoms with Crippen LogP contribution in [0, 0.1) is 6.92 Å². The van der Waals surface area contributed by atoms with Crippen LogP contribution >= 0.6 is 0 Å². The Morgan fingerprint density at radius 3 is 2.94 bits per heavy atom. The topological polar surface area (TPSA) is 64.3 Å². The lowest BCUT2D eigenvalue weighted by atomic mass is 9.83. The third-order valence-corrected chi connectivity index (χ3v) is 3.33. The fourth-order valence-corrected chi connectivity index (χ4v) is 2.25. The van der Waals surface area contributed by atoms with Crippen LogP contribution in [0.5, 0.6) is 0 Å². The summed E-state index contributed by atoms with van der Waals surface area (Å²) in [6, 6.07) is 7.45. The van der Waals surface area contributed by atoms with Crippen LogP contribution in [0.25, 0.3) is 0 Å². The van der Waals surface area contributed by atoms with Crippen molar-refractivity contribution in [1.82, 2.24) is 5.32 Å². The van der Waals surface area contributed by atoms with Gasteiger partial charge in [-0.3, -0.25) is 4.79 Å². The third-order valence-electron chi connectivity index (χ3n) is 3.33. The molecule has 0 aromatic heterocycles. The van der Waals surface area contributed by atoms with Gasteiger partial charge in [0, 0.05) is 18.2 Å². The van der Waals surface area contributed by atoms with Gasteiger partial charge in [-0.05, 0) is 32.4 Å². The molecule has 3 unspecified atom stereocenters. The van der Waals surface area contributed by atoms with Gasteiger partial charge in [-0.1, -0.05) is 17.7 Å². The standard InChI is InChI=1S/C14H20N2O2/c1-3-18-12-8-11(15)13(12)16-14(17)10-6-4-5-9(2)7-10/h4-7,11-13H,3,8,15H2,1-2H3,(H,16,17). The smallest absolute Gasteiger partial charge is 0.251 e. The van der Waals surface area contributed by atoms with E-state index in [9.17, 15) is 4.79 Å². The van der Waals surface area contributed by atoms with Crippen molar-refractivity contribution in [3.63, 3.8) is 0 Å². The van der Waals surface area contributed by atoms with Gasteiger partial charge in [0.05, 0.1) is 12.1 Å². The van der Waals surface area contributed by atoms with E-state index < -0.39 is 0 Å². The summed E-state index contributed by atoms with van der Waals surface area (Å²) < 4.78 is 5.53. The highest BCUT2D eigenvalue weighted by Gasteiger charge is 2.40. The number of hydrogen-bond donors (Lipinski definition) is 2. The molecule has 1 aliphatic rings. The predicted octanol–water partition coefficient (Wildman–Crippen LogP) is 1.23. The van der Waals surface area contributed by atoms with Crippen molar-refractivity contribution in [2.24, 2.45) is 5.73 Å². The lowest BCUT2D eigenvalue weighted by Gasteiger charge is -2.42. The summed E-state index contributed by atoms with van der Waals surface area (Å²) in [7, 11) is 0. The molecule has 0 spiro atoms. The monoisotopic (exact) mass is 248 g/mol. The van der Waals surface area contributed by atoms with Crippen LogP contribution in [0.15, 0.2) is 24.3 Å². The first-order chi connectivity index (χ1) is 8.61. The number of hydrogen-bond acceptors (Lipinski definition) is 3. The first-order valence-corrected chi connectivity index (χ1v) is 6.36. The van der Waals surface area contributed by atoms with E-state index in [0.717, 1.165) is 12.0 Å². The first-order valence-electron chi connectivity index (χ1n) is 6.36. The fourth-order valence-electron chi connectivity index (χ4n) is 2.25. The van der Waals surface area contributed by atoms with Gasteiger partial charge in [-0.2, -0.15) is 0 Å². The number of nitrogens with two attached hydrogens (primary N) is 1. The summed E-state index contributed by atoms with van der Waals surface area (Å²) in [6.45, 7) is 4.56. The SMILES string of the molecule is CCOC1CC(N)C1NC(=O)c1cccc(C)c1. The molecule has 4 heteroatoms. The zero-order valence-corrected chi connectivity index (χ0v) is 10.8. The zero-order chi connectivity index (χ0) is 13.1. The van der Waals surface area contributed by atoms with E-state index in [1.165, 1.54) is 0 Å². The third kappa shape index (κ3) is 2.71. The average molecular weight is 248 g/mol. The second-order valence-electron chi connectivity index (χ2n) is 4.76. The van der Waals surface area contributed by atoms with Gasteiger partial charge in [-0.25, -0.2) is 0 Å². The van der Waals surface area contributed by atoms with Crippen molar-refractivity contribution in [2.45, 2.75) is 38.5 Å². The van der Waals surface area contributed by atoms with Crippen molar-refractivity contribution in [3.8, 4) is 0 Å². The lowest BCUT2D eigenvalue weighted by Crippen LogP contribution is -2.64. The van der Waals surface area contributed by atoms with Gasteiger partial charge in [0.2, 0.25) is 0 Å². The van der Waals surface area contributed by atoms with Crippen LogP contribution in [0.4, 0.5) is 0 Å². The summed E-state index contributed by atoms with van der Waals surface area (Å²) in [5.41, 5.74) is 7.65.